The van der Waals surface area contributed by atoms with Crippen molar-refractivity contribution in [3.8, 4) is 11.2 Å². The van der Waals surface area contributed by atoms with E-state index < -0.39 is 9.84 Å². The predicted molar refractivity (Wildman–Crippen MR) is 76.4 cm³/mol. The number of aryl methyl sites for hydroxylation is 2. The van der Waals surface area contributed by atoms with Gasteiger partial charge in [0, 0.05) is 10.8 Å². The average Bonchev–Trinajstić information content (AvgIpc) is 2.38. The fourth-order valence-electron chi connectivity index (χ4n) is 1.61. The third kappa shape index (κ3) is 3.24. The molecule has 0 aliphatic rings. The van der Waals surface area contributed by atoms with Gasteiger partial charge in [-0.15, -0.1) is 0 Å². The topological polar surface area (TPSA) is 34.1 Å². The van der Waals surface area contributed by atoms with Crippen molar-refractivity contribution in [1.82, 2.24) is 0 Å². The number of rotatable bonds is 1. The van der Waals surface area contributed by atoms with Gasteiger partial charge in [0.15, 0.2) is 0 Å². The van der Waals surface area contributed by atoms with E-state index in [9.17, 15) is 8.42 Å². The van der Waals surface area contributed by atoms with Gasteiger partial charge < -0.3 is 0 Å². The lowest BCUT2D eigenvalue weighted by molar-refractivity contribution is 0.606. The molecule has 0 aliphatic carbocycles. The van der Waals surface area contributed by atoms with Crippen LogP contribution in [0.5, 0.6) is 0 Å². The molecule has 0 bridgehead atoms. The summed E-state index contributed by atoms with van der Waals surface area (Å²) in [6.07, 6.45) is 0. The van der Waals surface area contributed by atoms with Crippen LogP contribution >= 0.6 is 0 Å². The number of sulfone groups is 1. The van der Waals surface area contributed by atoms with Crippen LogP contribution in [0.2, 0.25) is 0 Å². The Morgan fingerprint density at radius 2 is 1.53 bits per heavy atom. The van der Waals surface area contributed by atoms with E-state index in [1.165, 1.54) is 0 Å². The second-order valence-electron chi connectivity index (χ2n) is 4.36. The second-order valence-corrected chi connectivity index (χ2v) is 6.04. The number of hydrogen-bond donors (Lipinski definition) is 0. The average molecular weight is 270 g/mol. The third-order valence-electron chi connectivity index (χ3n) is 2.80. The van der Waals surface area contributed by atoms with E-state index in [0.717, 1.165) is 16.7 Å². The van der Waals surface area contributed by atoms with Crippen molar-refractivity contribution in [1.29, 1.82) is 0 Å². The lowest BCUT2D eigenvalue weighted by Crippen LogP contribution is -1.97. The van der Waals surface area contributed by atoms with Gasteiger partial charge in [0.25, 0.3) is 0 Å². The summed E-state index contributed by atoms with van der Waals surface area (Å²) in [5.41, 5.74) is 2.72. The lowest BCUT2D eigenvalue weighted by atomic mass is 10.1. The first-order chi connectivity index (χ1) is 8.99. The van der Waals surface area contributed by atoms with Gasteiger partial charge >= 0.3 is 0 Å². The molecule has 0 atom stereocenters. The van der Waals surface area contributed by atoms with E-state index >= 15 is 0 Å². The summed E-state index contributed by atoms with van der Waals surface area (Å²) < 4.78 is 24.1. The van der Waals surface area contributed by atoms with E-state index in [2.05, 4.69) is 11.2 Å². The molecular formula is C16H14O2S. The number of benzene rings is 2. The Kier molecular flexibility index (Phi) is 3.73. The molecule has 2 nitrogen and oxygen atoms in total. The van der Waals surface area contributed by atoms with Gasteiger partial charge in [-0.05, 0) is 43.5 Å². The molecule has 0 radical (unpaired) electrons. The van der Waals surface area contributed by atoms with E-state index in [0.29, 0.717) is 0 Å². The van der Waals surface area contributed by atoms with Crippen LogP contribution < -0.4 is 0 Å². The third-order valence-corrected chi connectivity index (χ3v) is 4.06. The molecule has 19 heavy (non-hydrogen) atoms. The van der Waals surface area contributed by atoms with Crippen molar-refractivity contribution in [2.45, 2.75) is 18.7 Å². The van der Waals surface area contributed by atoms with Gasteiger partial charge in [-0.1, -0.05) is 35.9 Å². The van der Waals surface area contributed by atoms with Gasteiger partial charge in [0.2, 0.25) is 9.84 Å². The highest BCUT2D eigenvalue weighted by Gasteiger charge is 2.09. The highest BCUT2D eigenvalue weighted by atomic mass is 32.2. The monoisotopic (exact) mass is 270 g/mol. The van der Waals surface area contributed by atoms with Crippen molar-refractivity contribution >= 4 is 9.84 Å². The quantitative estimate of drug-likeness (QED) is 0.746. The summed E-state index contributed by atoms with van der Waals surface area (Å²) in [5.74, 6) is 2.73. The molecule has 0 unspecified atom stereocenters. The Bertz CT molecular complexity index is 745. The summed E-state index contributed by atoms with van der Waals surface area (Å²) in [4.78, 5) is 0.235. The van der Waals surface area contributed by atoms with Gasteiger partial charge in [0.05, 0.1) is 4.90 Å². The van der Waals surface area contributed by atoms with Crippen molar-refractivity contribution < 1.29 is 8.42 Å². The van der Waals surface area contributed by atoms with Crippen LogP contribution in [0.3, 0.4) is 0 Å². The molecule has 0 aliphatic heterocycles. The highest BCUT2D eigenvalue weighted by molar-refractivity contribution is 7.96. The van der Waals surface area contributed by atoms with Crippen LogP contribution in [0.25, 0.3) is 0 Å². The maximum Gasteiger partial charge on any atom is 0.245 e. The molecule has 2 aromatic carbocycles. The maximum atomic E-state index is 12.1. The van der Waals surface area contributed by atoms with E-state index in [1.807, 2.05) is 38.1 Å². The molecular weight excluding hydrogens is 256 g/mol. The van der Waals surface area contributed by atoms with Crippen LogP contribution in [-0.2, 0) is 9.84 Å². The van der Waals surface area contributed by atoms with Crippen LogP contribution in [0.4, 0.5) is 0 Å². The Morgan fingerprint density at radius 1 is 0.895 bits per heavy atom. The smallest absolute Gasteiger partial charge is 0.210 e. The Morgan fingerprint density at radius 3 is 2.16 bits per heavy atom. The molecule has 0 saturated carbocycles. The summed E-state index contributed by atoms with van der Waals surface area (Å²) in [5, 5.41) is 2.37. The highest BCUT2D eigenvalue weighted by Crippen LogP contribution is 2.12. The summed E-state index contributed by atoms with van der Waals surface area (Å²) in [7, 11) is -3.55. The van der Waals surface area contributed by atoms with Gasteiger partial charge in [-0.2, -0.15) is 0 Å². The maximum absolute atomic E-state index is 12.1. The standard InChI is InChI=1S/C16H14O2S/c1-13-7-9-16(10-8-13)19(17,18)12-11-15-6-4-3-5-14(15)2/h3-10H,1-2H3. The molecule has 0 N–H and O–H groups in total. The first-order valence-electron chi connectivity index (χ1n) is 5.89. The fraction of sp³-hybridized carbons (Fsp3) is 0.125. The minimum absolute atomic E-state index is 0.235. The zero-order valence-corrected chi connectivity index (χ0v) is 11.7. The minimum atomic E-state index is -3.55. The first-order valence-corrected chi connectivity index (χ1v) is 7.37. The Balaban J connectivity index is 2.38. The van der Waals surface area contributed by atoms with Crippen molar-refractivity contribution in [3.05, 3.63) is 65.2 Å². The minimum Gasteiger partial charge on any atom is -0.210 e. The van der Waals surface area contributed by atoms with E-state index in [-0.39, 0.29) is 4.90 Å². The molecule has 2 rings (SSSR count). The normalized spacial score (nSPS) is 10.6. The van der Waals surface area contributed by atoms with Crippen LogP contribution in [0.1, 0.15) is 16.7 Å². The Labute approximate surface area is 114 Å². The Hall–Kier alpha value is -2.05. The summed E-state index contributed by atoms with van der Waals surface area (Å²) in [6, 6.07) is 14.2. The lowest BCUT2D eigenvalue weighted by Gasteiger charge is -1.98. The zero-order valence-electron chi connectivity index (χ0n) is 10.8. The molecule has 2 aromatic rings. The van der Waals surface area contributed by atoms with Gasteiger partial charge in [-0.25, -0.2) is 8.42 Å². The molecule has 0 aromatic heterocycles. The SMILES string of the molecule is Cc1ccc(S(=O)(=O)C#Cc2ccccc2C)cc1. The molecule has 96 valence electrons. The molecule has 0 amide bonds. The van der Waals surface area contributed by atoms with Gasteiger partial charge in [-0.3, -0.25) is 0 Å². The van der Waals surface area contributed by atoms with Crippen molar-refractivity contribution in [2.24, 2.45) is 0 Å². The zero-order chi connectivity index (χ0) is 13.9. The molecule has 0 heterocycles. The van der Waals surface area contributed by atoms with E-state index in [1.54, 1.807) is 24.3 Å². The largest absolute Gasteiger partial charge is 0.245 e. The summed E-state index contributed by atoms with van der Waals surface area (Å²) >= 11 is 0. The van der Waals surface area contributed by atoms with Gasteiger partial charge in [0.1, 0.15) is 0 Å². The first kappa shape index (κ1) is 13.4. The van der Waals surface area contributed by atoms with E-state index in [4.69, 9.17) is 0 Å². The molecule has 0 spiro atoms. The van der Waals surface area contributed by atoms with Crippen LogP contribution in [0, 0.1) is 25.0 Å². The molecule has 0 fully saturated rings. The van der Waals surface area contributed by atoms with Crippen LogP contribution in [-0.4, -0.2) is 8.42 Å². The predicted octanol–water partition coefficient (Wildman–Crippen LogP) is 3.09. The van der Waals surface area contributed by atoms with Crippen LogP contribution in [0.15, 0.2) is 53.4 Å². The fourth-order valence-corrected chi connectivity index (χ4v) is 2.47. The molecule has 3 heteroatoms. The van der Waals surface area contributed by atoms with Crippen molar-refractivity contribution in [3.63, 3.8) is 0 Å². The van der Waals surface area contributed by atoms with Crippen molar-refractivity contribution in [2.75, 3.05) is 0 Å². The number of hydrogen-bond acceptors (Lipinski definition) is 2. The summed E-state index contributed by atoms with van der Waals surface area (Å²) in [6.45, 7) is 3.82. The molecule has 0 saturated heterocycles. The second kappa shape index (κ2) is 5.29.